The summed E-state index contributed by atoms with van der Waals surface area (Å²) in [4.78, 5) is 27.7. The number of carbonyl (C=O) groups is 2. The number of methoxy groups -OCH3 is 1. The van der Waals surface area contributed by atoms with E-state index in [0.29, 0.717) is 28.4 Å². The van der Waals surface area contributed by atoms with Crippen LogP contribution in [0.1, 0.15) is 52.9 Å². The fourth-order valence-corrected chi connectivity index (χ4v) is 5.55. The first-order chi connectivity index (χ1) is 12.2. The van der Waals surface area contributed by atoms with Gasteiger partial charge in [0.1, 0.15) is 0 Å². The van der Waals surface area contributed by atoms with Gasteiger partial charge in [-0.1, -0.05) is 48.7 Å². The largest absolute Gasteiger partial charge is 0.465 e. The number of Topliss-reactive ketones (excluding diaryl/α,β-unsaturated/α-hetero) is 1. The second-order valence-electron chi connectivity index (χ2n) is 6.28. The van der Waals surface area contributed by atoms with Crippen molar-refractivity contribution in [2.75, 3.05) is 12.9 Å². The minimum Gasteiger partial charge on any atom is -0.465 e. The molecule has 0 radical (unpaired) electrons. The first kappa shape index (κ1) is 21.0. The van der Waals surface area contributed by atoms with Gasteiger partial charge in [-0.25, -0.2) is 4.79 Å². The maximum atomic E-state index is 12.8. The highest BCUT2D eigenvalue weighted by Crippen LogP contribution is 2.33. The molecule has 2 aromatic heterocycles. The van der Waals surface area contributed by atoms with Crippen LogP contribution in [-0.4, -0.2) is 45.0 Å². The fraction of sp³-hybridized carbons (Fsp3) is 0.529. The summed E-state index contributed by atoms with van der Waals surface area (Å²) in [5.41, 5.74) is 2.13. The van der Waals surface area contributed by atoms with Gasteiger partial charge in [-0.2, -0.15) is 0 Å². The Bertz CT molecular complexity index is 799. The van der Waals surface area contributed by atoms with Gasteiger partial charge in [0.15, 0.2) is 14.5 Å². The number of rotatable bonds is 8. The number of aromatic nitrogens is 3. The molecule has 0 saturated heterocycles. The van der Waals surface area contributed by atoms with Crippen molar-refractivity contribution >= 4 is 46.6 Å². The SMILES string of the molecule is COC(=O)c1c(C)[nH]c(C(=O)C(C)Sc2nnc(SCC(C)C)s2)c1C. The lowest BCUT2D eigenvalue weighted by Crippen LogP contribution is -2.15. The van der Waals surface area contributed by atoms with Gasteiger partial charge in [0.2, 0.25) is 0 Å². The number of hydrogen-bond acceptors (Lipinski definition) is 8. The summed E-state index contributed by atoms with van der Waals surface area (Å²) < 4.78 is 6.48. The quantitative estimate of drug-likeness (QED) is 0.390. The molecule has 1 N–H and O–H groups in total. The molecule has 0 amide bonds. The summed E-state index contributed by atoms with van der Waals surface area (Å²) in [6, 6.07) is 0. The summed E-state index contributed by atoms with van der Waals surface area (Å²) in [5.74, 6) is 1.07. The molecule has 0 aliphatic carbocycles. The predicted molar refractivity (Wildman–Crippen MR) is 107 cm³/mol. The molecule has 0 saturated carbocycles. The molecular formula is C17H23N3O3S3. The molecule has 2 rings (SSSR count). The van der Waals surface area contributed by atoms with E-state index in [-0.39, 0.29) is 11.0 Å². The lowest BCUT2D eigenvalue weighted by Gasteiger charge is -2.07. The third-order valence-electron chi connectivity index (χ3n) is 3.65. The number of aryl methyl sites for hydroxylation is 1. The van der Waals surface area contributed by atoms with Crippen LogP contribution in [0, 0.1) is 19.8 Å². The van der Waals surface area contributed by atoms with E-state index in [4.69, 9.17) is 4.74 Å². The topological polar surface area (TPSA) is 84.9 Å². The van der Waals surface area contributed by atoms with Crippen molar-refractivity contribution in [3.8, 4) is 0 Å². The number of nitrogens with one attached hydrogen (secondary N) is 1. The van der Waals surface area contributed by atoms with E-state index in [0.717, 1.165) is 14.4 Å². The predicted octanol–water partition coefficient (Wildman–Crippen LogP) is 4.38. The molecule has 0 aliphatic rings. The van der Waals surface area contributed by atoms with Crippen LogP contribution in [0.4, 0.5) is 0 Å². The van der Waals surface area contributed by atoms with Crippen molar-refractivity contribution in [1.29, 1.82) is 0 Å². The minimum atomic E-state index is -0.438. The number of hydrogen-bond donors (Lipinski definition) is 1. The molecular weight excluding hydrogens is 390 g/mol. The van der Waals surface area contributed by atoms with Crippen LogP contribution < -0.4 is 0 Å². The maximum absolute atomic E-state index is 12.8. The summed E-state index contributed by atoms with van der Waals surface area (Å²) in [5, 5.41) is 8.00. The first-order valence-corrected chi connectivity index (χ1v) is 10.9. The summed E-state index contributed by atoms with van der Waals surface area (Å²) in [6.45, 7) is 9.67. The summed E-state index contributed by atoms with van der Waals surface area (Å²) >= 11 is 4.57. The first-order valence-electron chi connectivity index (χ1n) is 8.19. The number of thioether (sulfide) groups is 2. The van der Waals surface area contributed by atoms with Crippen molar-refractivity contribution in [1.82, 2.24) is 15.2 Å². The Labute approximate surface area is 165 Å². The second kappa shape index (κ2) is 9.05. The van der Waals surface area contributed by atoms with Crippen molar-refractivity contribution in [3.63, 3.8) is 0 Å². The summed E-state index contributed by atoms with van der Waals surface area (Å²) in [6.07, 6.45) is 0. The van der Waals surface area contributed by atoms with Gasteiger partial charge in [-0.05, 0) is 32.3 Å². The molecule has 26 heavy (non-hydrogen) atoms. The van der Waals surface area contributed by atoms with Crippen LogP contribution in [0.15, 0.2) is 8.68 Å². The number of ether oxygens (including phenoxy) is 1. The van der Waals surface area contributed by atoms with Crippen molar-refractivity contribution in [2.24, 2.45) is 5.92 Å². The Morgan fingerprint density at radius 1 is 1.19 bits per heavy atom. The number of nitrogens with zero attached hydrogens (tertiary/aromatic N) is 2. The Balaban J connectivity index is 2.10. The highest BCUT2D eigenvalue weighted by Gasteiger charge is 2.26. The highest BCUT2D eigenvalue weighted by molar-refractivity contribution is 8.04. The third kappa shape index (κ3) is 4.89. The van der Waals surface area contributed by atoms with E-state index in [2.05, 4.69) is 29.0 Å². The van der Waals surface area contributed by atoms with Crippen LogP contribution in [0.25, 0.3) is 0 Å². The molecule has 1 atom stereocenters. The number of H-pyrrole nitrogens is 1. The normalized spacial score (nSPS) is 12.4. The average molecular weight is 414 g/mol. The Morgan fingerprint density at radius 3 is 2.46 bits per heavy atom. The molecule has 6 nitrogen and oxygen atoms in total. The Hall–Kier alpha value is -1.32. The molecule has 9 heteroatoms. The molecule has 0 aliphatic heterocycles. The smallest absolute Gasteiger partial charge is 0.339 e. The van der Waals surface area contributed by atoms with Gasteiger partial charge in [-0.15, -0.1) is 10.2 Å². The van der Waals surface area contributed by atoms with E-state index in [1.54, 1.807) is 25.6 Å². The number of esters is 1. The summed E-state index contributed by atoms with van der Waals surface area (Å²) in [7, 11) is 1.33. The van der Waals surface area contributed by atoms with E-state index >= 15 is 0 Å². The van der Waals surface area contributed by atoms with E-state index in [1.807, 2.05) is 6.92 Å². The van der Waals surface area contributed by atoms with Gasteiger partial charge < -0.3 is 9.72 Å². The lowest BCUT2D eigenvalue weighted by atomic mass is 10.1. The number of aromatic amines is 1. The fourth-order valence-electron chi connectivity index (χ4n) is 2.35. The van der Waals surface area contributed by atoms with Crippen LogP contribution in [0.3, 0.4) is 0 Å². The lowest BCUT2D eigenvalue weighted by molar-refractivity contribution is 0.0599. The van der Waals surface area contributed by atoms with Gasteiger partial charge in [-0.3, -0.25) is 4.79 Å². The van der Waals surface area contributed by atoms with Gasteiger partial charge >= 0.3 is 5.97 Å². The zero-order chi connectivity index (χ0) is 19.4. The second-order valence-corrected chi connectivity index (χ2v) is 10.1. The van der Waals surface area contributed by atoms with Crippen molar-refractivity contribution in [2.45, 2.75) is 48.5 Å². The third-order valence-corrected chi connectivity index (χ3v) is 7.32. The van der Waals surface area contributed by atoms with Gasteiger partial charge in [0, 0.05) is 11.4 Å². The number of ketones is 1. The zero-order valence-electron chi connectivity index (χ0n) is 15.7. The Morgan fingerprint density at radius 2 is 1.85 bits per heavy atom. The van der Waals surface area contributed by atoms with Gasteiger partial charge in [0.25, 0.3) is 0 Å². The molecule has 0 spiro atoms. The number of carbonyl (C=O) groups excluding carboxylic acids is 2. The minimum absolute atomic E-state index is 0.0719. The van der Waals surface area contributed by atoms with Gasteiger partial charge in [0.05, 0.1) is 23.6 Å². The van der Waals surface area contributed by atoms with Crippen LogP contribution >= 0.6 is 34.9 Å². The molecule has 1 unspecified atom stereocenters. The van der Waals surface area contributed by atoms with Crippen molar-refractivity contribution in [3.05, 3.63) is 22.5 Å². The zero-order valence-corrected chi connectivity index (χ0v) is 18.2. The molecule has 0 aromatic carbocycles. The maximum Gasteiger partial charge on any atom is 0.339 e. The Kier molecular flexibility index (Phi) is 7.31. The molecule has 2 heterocycles. The van der Waals surface area contributed by atoms with E-state index in [9.17, 15) is 9.59 Å². The van der Waals surface area contributed by atoms with E-state index in [1.165, 1.54) is 30.2 Å². The molecule has 2 aromatic rings. The molecule has 142 valence electrons. The van der Waals surface area contributed by atoms with Crippen LogP contribution in [0.2, 0.25) is 0 Å². The van der Waals surface area contributed by atoms with E-state index < -0.39 is 5.97 Å². The molecule has 0 fully saturated rings. The molecule has 0 bridgehead atoms. The standard InChI is InChI=1S/C17H23N3O3S3/c1-8(2)7-24-16-19-20-17(26-16)25-11(5)14(21)13-9(3)12(10(4)18-13)15(22)23-6/h8,11,18H,7H2,1-6H3. The van der Waals surface area contributed by atoms with Crippen LogP contribution in [-0.2, 0) is 4.74 Å². The average Bonchev–Trinajstić information content (AvgIpc) is 3.15. The van der Waals surface area contributed by atoms with Crippen molar-refractivity contribution < 1.29 is 14.3 Å². The highest BCUT2D eigenvalue weighted by atomic mass is 32.2. The van der Waals surface area contributed by atoms with Crippen LogP contribution in [0.5, 0.6) is 0 Å². The monoisotopic (exact) mass is 413 g/mol.